The fourth-order valence-electron chi connectivity index (χ4n) is 2.50. The molecule has 0 spiro atoms. The molecule has 3 nitrogen and oxygen atoms in total. The van der Waals surface area contributed by atoms with E-state index in [1.807, 2.05) is 12.3 Å². The van der Waals surface area contributed by atoms with Gasteiger partial charge in [0.15, 0.2) is 0 Å². The number of anilines is 1. The van der Waals surface area contributed by atoms with Crippen LogP contribution in [0.1, 0.15) is 11.1 Å². The van der Waals surface area contributed by atoms with Crippen LogP contribution in [-0.2, 0) is 6.54 Å². The molecule has 3 rings (SSSR count). The van der Waals surface area contributed by atoms with Crippen LogP contribution in [0.2, 0.25) is 0 Å². The van der Waals surface area contributed by atoms with E-state index < -0.39 is 0 Å². The lowest BCUT2D eigenvalue weighted by atomic mass is 10.1. The molecule has 0 unspecified atom stereocenters. The predicted octanol–water partition coefficient (Wildman–Crippen LogP) is 4.86. The van der Waals surface area contributed by atoms with Gasteiger partial charge in [-0.25, -0.2) is 0 Å². The summed E-state index contributed by atoms with van der Waals surface area (Å²) >= 11 is 3.50. The van der Waals surface area contributed by atoms with Gasteiger partial charge in [0, 0.05) is 22.7 Å². The lowest BCUT2D eigenvalue weighted by Crippen LogP contribution is -2.03. The SMILES string of the molecule is COc1cc(Br)cc(C)c1NCc1ccc2[nH]ccc2c1. The third-order valence-corrected chi connectivity index (χ3v) is 4.03. The summed E-state index contributed by atoms with van der Waals surface area (Å²) in [6, 6.07) is 12.6. The number of aryl methyl sites for hydroxylation is 1. The van der Waals surface area contributed by atoms with Crippen LogP contribution in [0.15, 0.2) is 47.1 Å². The van der Waals surface area contributed by atoms with Crippen molar-refractivity contribution in [2.45, 2.75) is 13.5 Å². The van der Waals surface area contributed by atoms with Gasteiger partial charge in [-0.1, -0.05) is 22.0 Å². The van der Waals surface area contributed by atoms with Gasteiger partial charge in [0.05, 0.1) is 12.8 Å². The fourth-order valence-corrected chi connectivity index (χ4v) is 3.05. The average Bonchev–Trinajstić information content (AvgIpc) is 2.93. The number of fused-ring (bicyclic) bond motifs is 1. The van der Waals surface area contributed by atoms with Crippen molar-refractivity contribution in [3.63, 3.8) is 0 Å². The first-order valence-electron chi connectivity index (χ1n) is 6.81. The molecule has 0 saturated heterocycles. The van der Waals surface area contributed by atoms with E-state index in [0.717, 1.165) is 33.5 Å². The van der Waals surface area contributed by atoms with Crippen molar-refractivity contribution in [2.75, 3.05) is 12.4 Å². The minimum absolute atomic E-state index is 0.764. The summed E-state index contributed by atoms with van der Waals surface area (Å²) in [5.74, 6) is 0.851. The largest absolute Gasteiger partial charge is 0.495 e. The summed E-state index contributed by atoms with van der Waals surface area (Å²) in [6.07, 6.45) is 1.96. The van der Waals surface area contributed by atoms with Crippen LogP contribution in [0.25, 0.3) is 10.9 Å². The number of H-pyrrole nitrogens is 1. The van der Waals surface area contributed by atoms with Crippen LogP contribution in [0.3, 0.4) is 0 Å². The Bertz CT molecular complexity index is 780. The number of hydrogen-bond acceptors (Lipinski definition) is 2. The molecule has 0 radical (unpaired) electrons. The number of nitrogens with one attached hydrogen (secondary N) is 2. The molecular formula is C17H17BrN2O. The summed E-state index contributed by atoms with van der Waals surface area (Å²) in [6.45, 7) is 2.84. The first-order chi connectivity index (χ1) is 10.2. The molecule has 0 amide bonds. The molecule has 1 heterocycles. The number of aromatic amines is 1. The van der Waals surface area contributed by atoms with E-state index >= 15 is 0 Å². The normalized spacial score (nSPS) is 10.8. The van der Waals surface area contributed by atoms with Crippen molar-refractivity contribution in [3.8, 4) is 5.75 Å². The van der Waals surface area contributed by atoms with Crippen LogP contribution in [0, 0.1) is 6.92 Å². The predicted molar refractivity (Wildman–Crippen MR) is 91.1 cm³/mol. The monoisotopic (exact) mass is 344 g/mol. The lowest BCUT2D eigenvalue weighted by Gasteiger charge is -2.14. The number of rotatable bonds is 4. The van der Waals surface area contributed by atoms with Crippen molar-refractivity contribution in [3.05, 3.63) is 58.2 Å². The van der Waals surface area contributed by atoms with Gasteiger partial charge in [0.25, 0.3) is 0 Å². The van der Waals surface area contributed by atoms with E-state index in [1.54, 1.807) is 7.11 Å². The van der Waals surface area contributed by atoms with E-state index in [2.05, 4.69) is 63.5 Å². The van der Waals surface area contributed by atoms with Crippen molar-refractivity contribution in [1.82, 2.24) is 4.98 Å². The number of methoxy groups -OCH3 is 1. The molecule has 4 heteroatoms. The Hall–Kier alpha value is -1.94. The third-order valence-electron chi connectivity index (χ3n) is 3.57. The van der Waals surface area contributed by atoms with Gasteiger partial charge < -0.3 is 15.0 Å². The molecule has 21 heavy (non-hydrogen) atoms. The molecule has 1 aromatic heterocycles. The van der Waals surface area contributed by atoms with Crippen molar-refractivity contribution in [2.24, 2.45) is 0 Å². The maximum Gasteiger partial charge on any atom is 0.143 e. The zero-order valence-corrected chi connectivity index (χ0v) is 13.6. The highest BCUT2D eigenvalue weighted by molar-refractivity contribution is 9.10. The summed E-state index contributed by atoms with van der Waals surface area (Å²) in [7, 11) is 1.69. The molecule has 0 bridgehead atoms. The van der Waals surface area contributed by atoms with Crippen LogP contribution < -0.4 is 10.1 Å². The van der Waals surface area contributed by atoms with Crippen LogP contribution in [0.5, 0.6) is 5.75 Å². The highest BCUT2D eigenvalue weighted by atomic mass is 79.9. The number of aromatic nitrogens is 1. The highest BCUT2D eigenvalue weighted by Gasteiger charge is 2.08. The van der Waals surface area contributed by atoms with Crippen molar-refractivity contribution >= 4 is 32.5 Å². The second kappa shape index (κ2) is 5.82. The fraction of sp³-hybridized carbons (Fsp3) is 0.176. The Morgan fingerprint density at radius 3 is 2.86 bits per heavy atom. The summed E-state index contributed by atoms with van der Waals surface area (Å²) in [4.78, 5) is 3.21. The number of benzene rings is 2. The highest BCUT2D eigenvalue weighted by Crippen LogP contribution is 2.32. The Morgan fingerprint density at radius 1 is 1.19 bits per heavy atom. The van der Waals surface area contributed by atoms with E-state index in [0.29, 0.717) is 0 Å². The van der Waals surface area contributed by atoms with Gasteiger partial charge in [-0.3, -0.25) is 0 Å². The summed E-state index contributed by atoms with van der Waals surface area (Å²) < 4.78 is 6.48. The third kappa shape index (κ3) is 2.90. The van der Waals surface area contributed by atoms with Gasteiger partial charge in [0.1, 0.15) is 5.75 Å². The molecular weight excluding hydrogens is 328 g/mol. The van der Waals surface area contributed by atoms with E-state index in [9.17, 15) is 0 Å². The molecule has 0 fully saturated rings. The maximum absolute atomic E-state index is 5.46. The van der Waals surface area contributed by atoms with Crippen LogP contribution in [0.4, 0.5) is 5.69 Å². The zero-order chi connectivity index (χ0) is 14.8. The number of halogens is 1. The average molecular weight is 345 g/mol. The van der Waals surface area contributed by atoms with Gasteiger partial charge in [-0.2, -0.15) is 0 Å². The zero-order valence-electron chi connectivity index (χ0n) is 12.0. The maximum atomic E-state index is 5.46. The number of hydrogen-bond donors (Lipinski definition) is 2. The molecule has 0 atom stereocenters. The standard InChI is InChI=1S/C17H17BrN2O/c1-11-7-14(18)9-16(21-2)17(11)20-10-12-3-4-15-13(8-12)5-6-19-15/h3-9,19-20H,10H2,1-2H3. The molecule has 2 N–H and O–H groups in total. The second-order valence-electron chi connectivity index (χ2n) is 5.05. The van der Waals surface area contributed by atoms with Gasteiger partial charge >= 0.3 is 0 Å². The summed E-state index contributed by atoms with van der Waals surface area (Å²) in [5, 5.41) is 4.71. The first kappa shape index (κ1) is 14.0. The van der Waals surface area contributed by atoms with Gasteiger partial charge in [-0.05, 0) is 53.8 Å². The van der Waals surface area contributed by atoms with Crippen molar-refractivity contribution in [1.29, 1.82) is 0 Å². The smallest absolute Gasteiger partial charge is 0.143 e. The first-order valence-corrected chi connectivity index (χ1v) is 7.60. The van der Waals surface area contributed by atoms with E-state index in [1.165, 1.54) is 10.9 Å². The molecule has 108 valence electrons. The lowest BCUT2D eigenvalue weighted by molar-refractivity contribution is 0.416. The molecule has 2 aromatic carbocycles. The van der Waals surface area contributed by atoms with Crippen molar-refractivity contribution < 1.29 is 4.74 Å². The molecule has 0 aliphatic heterocycles. The van der Waals surface area contributed by atoms with Gasteiger partial charge in [0.2, 0.25) is 0 Å². The number of ether oxygens (including phenoxy) is 1. The minimum atomic E-state index is 0.764. The molecule has 0 saturated carbocycles. The molecule has 0 aliphatic carbocycles. The molecule has 0 aliphatic rings. The summed E-state index contributed by atoms with van der Waals surface area (Å²) in [5.41, 5.74) is 4.60. The van der Waals surface area contributed by atoms with E-state index in [4.69, 9.17) is 4.74 Å². The second-order valence-corrected chi connectivity index (χ2v) is 5.97. The van der Waals surface area contributed by atoms with Gasteiger partial charge in [-0.15, -0.1) is 0 Å². The van der Waals surface area contributed by atoms with Crippen LogP contribution >= 0.6 is 15.9 Å². The topological polar surface area (TPSA) is 37.0 Å². The minimum Gasteiger partial charge on any atom is -0.495 e. The van der Waals surface area contributed by atoms with E-state index in [-0.39, 0.29) is 0 Å². The quantitative estimate of drug-likeness (QED) is 0.709. The Morgan fingerprint density at radius 2 is 2.05 bits per heavy atom. The Kier molecular flexibility index (Phi) is 3.88. The molecule has 3 aromatic rings. The Labute approximate surface area is 132 Å². The van der Waals surface area contributed by atoms with Crippen LogP contribution in [-0.4, -0.2) is 12.1 Å². The Balaban J connectivity index is 1.84.